The standard InChI is InChI=1S/C14H14N4O.H2/c15-14(19)10-2-1-3-12(6-10)18-5-4-13-11(8-18)7-16-9-17-13;/h1-3,6-7,9H,4-5,8H2,(H2,15,19);1H. The van der Waals surface area contributed by atoms with Gasteiger partial charge >= 0.3 is 0 Å². The molecule has 0 radical (unpaired) electrons. The second-order valence-electron chi connectivity index (χ2n) is 4.58. The summed E-state index contributed by atoms with van der Waals surface area (Å²) < 4.78 is 0. The molecule has 0 aliphatic carbocycles. The van der Waals surface area contributed by atoms with Crippen molar-refractivity contribution in [2.75, 3.05) is 11.4 Å². The molecule has 3 rings (SSSR count). The summed E-state index contributed by atoms with van der Waals surface area (Å²) in [6.45, 7) is 1.64. The predicted molar refractivity (Wildman–Crippen MR) is 73.9 cm³/mol. The van der Waals surface area contributed by atoms with Crippen molar-refractivity contribution < 1.29 is 6.22 Å². The van der Waals surface area contributed by atoms with Crippen molar-refractivity contribution in [2.24, 2.45) is 5.73 Å². The molecule has 5 heteroatoms. The molecule has 0 saturated heterocycles. The van der Waals surface area contributed by atoms with Crippen molar-refractivity contribution in [2.45, 2.75) is 13.0 Å². The van der Waals surface area contributed by atoms with E-state index in [4.69, 9.17) is 5.73 Å². The van der Waals surface area contributed by atoms with Gasteiger partial charge in [0.1, 0.15) is 6.33 Å². The third-order valence-electron chi connectivity index (χ3n) is 3.36. The average Bonchev–Trinajstić information content (AvgIpc) is 2.47. The van der Waals surface area contributed by atoms with Crippen LogP contribution in [0.25, 0.3) is 0 Å². The zero-order chi connectivity index (χ0) is 13.2. The molecule has 1 aliphatic heterocycles. The van der Waals surface area contributed by atoms with Crippen molar-refractivity contribution in [3.05, 3.63) is 53.6 Å². The number of nitrogens with two attached hydrogens (primary N) is 1. The fraction of sp³-hybridized carbons (Fsp3) is 0.214. The fourth-order valence-corrected chi connectivity index (χ4v) is 2.34. The summed E-state index contributed by atoms with van der Waals surface area (Å²) in [6, 6.07) is 7.40. The average molecular weight is 256 g/mol. The van der Waals surface area contributed by atoms with Gasteiger partial charge < -0.3 is 10.6 Å². The van der Waals surface area contributed by atoms with Gasteiger partial charge in [-0.15, -0.1) is 0 Å². The van der Waals surface area contributed by atoms with E-state index < -0.39 is 5.91 Å². The van der Waals surface area contributed by atoms with E-state index in [-0.39, 0.29) is 1.43 Å². The Labute approximate surface area is 112 Å². The lowest BCUT2D eigenvalue weighted by Gasteiger charge is -2.29. The van der Waals surface area contributed by atoms with Gasteiger partial charge in [-0.05, 0) is 18.2 Å². The number of primary amides is 1. The molecule has 0 atom stereocenters. The van der Waals surface area contributed by atoms with Crippen LogP contribution in [0, 0.1) is 0 Å². The molecule has 98 valence electrons. The highest BCUT2D eigenvalue weighted by Crippen LogP contribution is 2.23. The Morgan fingerprint density at radius 1 is 1.42 bits per heavy atom. The second-order valence-corrected chi connectivity index (χ2v) is 4.58. The topological polar surface area (TPSA) is 72.1 Å². The van der Waals surface area contributed by atoms with Crippen LogP contribution >= 0.6 is 0 Å². The Morgan fingerprint density at radius 2 is 2.32 bits per heavy atom. The molecule has 0 fully saturated rings. The minimum Gasteiger partial charge on any atom is -0.367 e. The SMILES string of the molecule is NC(=O)c1cccc(N2CCc3ncncc3C2)c1.[HH]. The van der Waals surface area contributed by atoms with E-state index in [1.54, 1.807) is 12.4 Å². The van der Waals surface area contributed by atoms with Crippen molar-refractivity contribution >= 4 is 11.6 Å². The summed E-state index contributed by atoms with van der Waals surface area (Å²) in [5, 5.41) is 0. The molecule has 19 heavy (non-hydrogen) atoms. The van der Waals surface area contributed by atoms with Gasteiger partial charge in [0.05, 0.1) is 5.69 Å². The first-order chi connectivity index (χ1) is 9.24. The first-order valence-corrected chi connectivity index (χ1v) is 6.16. The van der Waals surface area contributed by atoms with Crippen molar-refractivity contribution in [1.29, 1.82) is 0 Å². The maximum atomic E-state index is 11.2. The molecule has 0 spiro atoms. The van der Waals surface area contributed by atoms with E-state index in [9.17, 15) is 4.79 Å². The van der Waals surface area contributed by atoms with Crippen molar-refractivity contribution in [3.63, 3.8) is 0 Å². The number of nitrogens with zero attached hydrogens (tertiary/aromatic N) is 3. The summed E-state index contributed by atoms with van der Waals surface area (Å²) in [7, 11) is 0. The van der Waals surface area contributed by atoms with Crippen LogP contribution in [0.3, 0.4) is 0 Å². The van der Waals surface area contributed by atoms with Crippen molar-refractivity contribution in [1.82, 2.24) is 9.97 Å². The quantitative estimate of drug-likeness (QED) is 0.881. The Hall–Kier alpha value is -2.43. The molecule has 2 N–H and O–H groups in total. The lowest BCUT2D eigenvalue weighted by atomic mass is 10.1. The highest BCUT2D eigenvalue weighted by molar-refractivity contribution is 5.93. The monoisotopic (exact) mass is 256 g/mol. The molecule has 1 amide bonds. The smallest absolute Gasteiger partial charge is 0.248 e. The Balaban J connectivity index is 0.00000147. The number of carbonyl (C=O) groups is 1. The summed E-state index contributed by atoms with van der Waals surface area (Å²) >= 11 is 0. The molecule has 0 bridgehead atoms. The first kappa shape index (κ1) is 11.6. The van der Waals surface area contributed by atoms with Gasteiger partial charge in [0.25, 0.3) is 0 Å². The van der Waals surface area contributed by atoms with E-state index in [0.29, 0.717) is 5.56 Å². The number of hydrogen-bond donors (Lipinski definition) is 1. The highest BCUT2D eigenvalue weighted by atomic mass is 16.1. The lowest BCUT2D eigenvalue weighted by Crippen LogP contribution is -2.31. The van der Waals surface area contributed by atoms with Crippen LogP contribution in [0.1, 0.15) is 23.0 Å². The molecule has 0 unspecified atom stereocenters. The maximum Gasteiger partial charge on any atom is 0.248 e. The van der Waals surface area contributed by atoms with Gasteiger partial charge in [-0.2, -0.15) is 0 Å². The third-order valence-corrected chi connectivity index (χ3v) is 3.36. The van der Waals surface area contributed by atoms with Gasteiger partial charge in [-0.3, -0.25) is 4.79 Å². The van der Waals surface area contributed by atoms with Crippen LogP contribution in [0.15, 0.2) is 36.8 Å². The van der Waals surface area contributed by atoms with Crippen LogP contribution in [0.4, 0.5) is 5.69 Å². The van der Waals surface area contributed by atoms with E-state index in [0.717, 1.165) is 36.5 Å². The molecule has 1 aliphatic rings. The van der Waals surface area contributed by atoms with Crippen LogP contribution in [0.5, 0.6) is 0 Å². The predicted octanol–water partition coefficient (Wildman–Crippen LogP) is 1.38. The van der Waals surface area contributed by atoms with E-state index in [1.165, 1.54) is 0 Å². The number of rotatable bonds is 2. The largest absolute Gasteiger partial charge is 0.367 e. The Bertz CT molecular complexity index is 632. The van der Waals surface area contributed by atoms with Crippen LogP contribution in [-0.4, -0.2) is 22.4 Å². The normalized spacial score (nSPS) is 14.0. The first-order valence-electron chi connectivity index (χ1n) is 6.16. The Kier molecular flexibility index (Phi) is 2.87. The number of carbonyl (C=O) groups excluding carboxylic acids is 1. The minimum absolute atomic E-state index is 0. The van der Waals surface area contributed by atoms with Gasteiger partial charge in [0.2, 0.25) is 5.91 Å². The van der Waals surface area contributed by atoms with Crippen LogP contribution in [0.2, 0.25) is 0 Å². The zero-order valence-electron chi connectivity index (χ0n) is 10.4. The number of amides is 1. The van der Waals surface area contributed by atoms with Gasteiger partial charge in [0, 0.05) is 43.9 Å². The van der Waals surface area contributed by atoms with Crippen molar-refractivity contribution in [3.8, 4) is 0 Å². The number of hydrogen-bond acceptors (Lipinski definition) is 4. The molecule has 0 saturated carbocycles. The number of fused-ring (bicyclic) bond motifs is 1. The summed E-state index contributed by atoms with van der Waals surface area (Å²) in [6.07, 6.45) is 4.33. The van der Waals surface area contributed by atoms with E-state index >= 15 is 0 Å². The van der Waals surface area contributed by atoms with Gasteiger partial charge in [-0.25, -0.2) is 9.97 Å². The van der Waals surface area contributed by atoms with E-state index in [1.807, 2.05) is 24.4 Å². The minimum atomic E-state index is -0.400. The Morgan fingerprint density at radius 3 is 3.16 bits per heavy atom. The number of anilines is 1. The summed E-state index contributed by atoms with van der Waals surface area (Å²) in [4.78, 5) is 21.8. The molecule has 2 heterocycles. The zero-order valence-corrected chi connectivity index (χ0v) is 10.4. The third kappa shape index (κ3) is 2.27. The fourth-order valence-electron chi connectivity index (χ4n) is 2.34. The van der Waals surface area contributed by atoms with E-state index in [2.05, 4.69) is 14.9 Å². The number of aromatic nitrogens is 2. The molecular formula is C14H16N4O. The van der Waals surface area contributed by atoms with Gasteiger partial charge in [0.15, 0.2) is 0 Å². The van der Waals surface area contributed by atoms with Gasteiger partial charge in [-0.1, -0.05) is 6.07 Å². The maximum absolute atomic E-state index is 11.2. The summed E-state index contributed by atoms with van der Waals surface area (Å²) in [5.74, 6) is -0.400. The molecule has 1 aromatic heterocycles. The highest BCUT2D eigenvalue weighted by Gasteiger charge is 2.18. The second kappa shape index (κ2) is 4.68. The molecule has 1 aromatic carbocycles. The molecule has 2 aromatic rings. The lowest BCUT2D eigenvalue weighted by molar-refractivity contribution is 0.100. The van der Waals surface area contributed by atoms with Crippen LogP contribution in [-0.2, 0) is 13.0 Å². The summed E-state index contributed by atoms with van der Waals surface area (Å²) in [5.41, 5.74) is 9.10. The number of benzene rings is 1. The molecule has 5 nitrogen and oxygen atoms in total. The van der Waals surface area contributed by atoms with Crippen LogP contribution < -0.4 is 10.6 Å². The molecular weight excluding hydrogens is 240 g/mol.